The number of carbonyl (C=O) groups excluding carboxylic acids is 1. The van der Waals surface area contributed by atoms with E-state index in [0.29, 0.717) is 33.7 Å². The van der Waals surface area contributed by atoms with Gasteiger partial charge in [0.15, 0.2) is 0 Å². The highest BCUT2D eigenvalue weighted by molar-refractivity contribution is 6.42. The zero-order valence-electron chi connectivity index (χ0n) is 16.2. The molecule has 150 valence electrons. The second kappa shape index (κ2) is 9.68. The van der Waals surface area contributed by atoms with Crippen molar-refractivity contribution in [1.82, 2.24) is 0 Å². The number of benzene rings is 3. The molecular formula is C23H21Cl2NO3. The van der Waals surface area contributed by atoms with Crippen molar-refractivity contribution < 1.29 is 14.3 Å². The van der Waals surface area contributed by atoms with E-state index in [9.17, 15) is 4.79 Å². The molecule has 0 aliphatic heterocycles. The van der Waals surface area contributed by atoms with Crippen molar-refractivity contribution in [2.24, 2.45) is 0 Å². The smallest absolute Gasteiger partial charge is 0.255 e. The third-order valence-corrected chi connectivity index (χ3v) is 4.95. The summed E-state index contributed by atoms with van der Waals surface area (Å²) in [4.78, 5) is 12.7. The normalized spacial score (nSPS) is 10.5. The standard InChI is InChI=1S/C23H21Cl2NO3/c1-3-28-22-11-6-16(23(27)26-18-7-10-20(24)21(25)13-18)12-17(22)14-29-19-8-4-15(2)5-9-19/h4-13H,3,14H2,1-2H3,(H,26,27). The molecule has 1 amide bonds. The minimum absolute atomic E-state index is 0.261. The monoisotopic (exact) mass is 429 g/mol. The topological polar surface area (TPSA) is 47.6 Å². The summed E-state index contributed by atoms with van der Waals surface area (Å²) in [5.41, 5.74) is 3.00. The summed E-state index contributed by atoms with van der Waals surface area (Å²) < 4.78 is 11.6. The van der Waals surface area contributed by atoms with Crippen LogP contribution in [0.15, 0.2) is 60.7 Å². The Hall–Kier alpha value is -2.69. The number of ether oxygens (including phenoxy) is 2. The van der Waals surface area contributed by atoms with Crippen LogP contribution in [0.25, 0.3) is 0 Å². The molecule has 0 fully saturated rings. The third kappa shape index (κ3) is 5.66. The number of aryl methyl sites for hydroxylation is 1. The van der Waals surface area contributed by atoms with Gasteiger partial charge in [0, 0.05) is 16.8 Å². The fraction of sp³-hybridized carbons (Fsp3) is 0.174. The molecule has 4 nitrogen and oxygen atoms in total. The molecular weight excluding hydrogens is 409 g/mol. The molecule has 0 saturated carbocycles. The van der Waals surface area contributed by atoms with Crippen molar-refractivity contribution in [1.29, 1.82) is 0 Å². The lowest BCUT2D eigenvalue weighted by Crippen LogP contribution is -2.13. The van der Waals surface area contributed by atoms with Crippen LogP contribution >= 0.6 is 23.2 Å². The van der Waals surface area contributed by atoms with Gasteiger partial charge in [-0.15, -0.1) is 0 Å². The Kier molecular flexibility index (Phi) is 7.02. The molecule has 0 spiro atoms. The summed E-state index contributed by atoms with van der Waals surface area (Å²) in [6.45, 7) is 4.74. The molecule has 0 aliphatic carbocycles. The fourth-order valence-electron chi connectivity index (χ4n) is 2.70. The lowest BCUT2D eigenvalue weighted by Gasteiger charge is -2.14. The zero-order chi connectivity index (χ0) is 20.8. The van der Waals surface area contributed by atoms with E-state index >= 15 is 0 Å². The van der Waals surface area contributed by atoms with Gasteiger partial charge < -0.3 is 14.8 Å². The first kappa shape index (κ1) is 21.0. The number of anilines is 1. The molecule has 29 heavy (non-hydrogen) atoms. The molecule has 0 bridgehead atoms. The van der Waals surface area contributed by atoms with Crippen LogP contribution in [0.1, 0.15) is 28.4 Å². The summed E-state index contributed by atoms with van der Waals surface area (Å²) in [6.07, 6.45) is 0. The molecule has 3 aromatic rings. The first-order chi connectivity index (χ1) is 14.0. The summed E-state index contributed by atoms with van der Waals surface area (Å²) in [6, 6.07) is 18.0. The van der Waals surface area contributed by atoms with Gasteiger partial charge in [-0.05, 0) is 62.4 Å². The number of hydrogen-bond acceptors (Lipinski definition) is 3. The van der Waals surface area contributed by atoms with Gasteiger partial charge in [-0.25, -0.2) is 0 Å². The number of nitrogens with one attached hydrogen (secondary N) is 1. The van der Waals surface area contributed by atoms with E-state index in [-0.39, 0.29) is 12.5 Å². The highest BCUT2D eigenvalue weighted by atomic mass is 35.5. The van der Waals surface area contributed by atoms with E-state index < -0.39 is 0 Å². The Bertz CT molecular complexity index is 1000. The minimum atomic E-state index is -0.261. The van der Waals surface area contributed by atoms with Crippen LogP contribution < -0.4 is 14.8 Å². The zero-order valence-corrected chi connectivity index (χ0v) is 17.7. The van der Waals surface area contributed by atoms with Crippen LogP contribution in [-0.2, 0) is 6.61 Å². The maximum absolute atomic E-state index is 12.7. The predicted octanol–water partition coefficient (Wildman–Crippen LogP) is 6.53. The summed E-state index contributed by atoms with van der Waals surface area (Å²) in [5.74, 6) is 1.18. The molecule has 0 atom stereocenters. The number of halogens is 2. The second-order valence-corrected chi connectivity index (χ2v) is 7.25. The number of hydrogen-bond donors (Lipinski definition) is 1. The first-order valence-electron chi connectivity index (χ1n) is 9.18. The van der Waals surface area contributed by atoms with E-state index in [1.807, 2.05) is 38.1 Å². The lowest BCUT2D eigenvalue weighted by molar-refractivity contribution is 0.102. The van der Waals surface area contributed by atoms with E-state index in [1.165, 1.54) is 0 Å². The molecule has 3 rings (SSSR count). The molecule has 0 saturated heterocycles. The van der Waals surface area contributed by atoms with Gasteiger partial charge in [0.25, 0.3) is 5.91 Å². The number of carbonyl (C=O) groups is 1. The van der Waals surface area contributed by atoms with E-state index in [0.717, 1.165) is 16.9 Å². The molecule has 0 aromatic heterocycles. The van der Waals surface area contributed by atoms with Crippen molar-refractivity contribution in [3.05, 3.63) is 87.4 Å². The Labute approximate surface area is 180 Å². The molecule has 6 heteroatoms. The van der Waals surface area contributed by atoms with Gasteiger partial charge in [-0.2, -0.15) is 0 Å². The second-order valence-electron chi connectivity index (χ2n) is 6.44. The Morgan fingerprint density at radius 1 is 0.931 bits per heavy atom. The van der Waals surface area contributed by atoms with Crippen LogP contribution in [0, 0.1) is 6.92 Å². The van der Waals surface area contributed by atoms with Crippen molar-refractivity contribution in [2.75, 3.05) is 11.9 Å². The maximum Gasteiger partial charge on any atom is 0.255 e. The van der Waals surface area contributed by atoms with Crippen LogP contribution in [0.4, 0.5) is 5.69 Å². The van der Waals surface area contributed by atoms with Crippen LogP contribution in [0.2, 0.25) is 10.0 Å². The summed E-state index contributed by atoms with van der Waals surface area (Å²) >= 11 is 11.9. The van der Waals surface area contributed by atoms with Gasteiger partial charge in [0.05, 0.1) is 16.7 Å². The summed E-state index contributed by atoms with van der Waals surface area (Å²) in [7, 11) is 0. The van der Waals surface area contributed by atoms with Crippen LogP contribution in [0.5, 0.6) is 11.5 Å². The molecule has 0 unspecified atom stereocenters. The van der Waals surface area contributed by atoms with E-state index in [4.69, 9.17) is 32.7 Å². The van der Waals surface area contributed by atoms with Gasteiger partial charge in [0.2, 0.25) is 0 Å². The van der Waals surface area contributed by atoms with Gasteiger partial charge in [0.1, 0.15) is 18.1 Å². The average molecular weight is 430 g/mol. The van der Waals surface area contributed by atoms with Crippen molar-refractivity contribution >= 4 is 34.8 Å². The molecule has 0 heterocycles. The number of amides is 1. The van der Waals surface area contributed by atoms with Crippen LogP contribution in [-0.4, -0.2) is 12.5 Å². The Morgan fingerprint density at radius 2 is 1.69 bits per heavy atom. The quantitative estimate of drug-likeness (QED) is 0.464. The lowest BCUT2D eigenvalue weighted by atomic mass is 10.1. The molecule has 3 aromatic carbocycles. The average Bonchev–Trinajstić information content (AvgIpc) is 2.71. The Morgan fingerprint density at radius 3 is 2.38 bits per heavy atom. The fourth-order valence-corrected chi connectivity index (χ4v) is 3.00. The van der Waals surface area contributed by atoms with Crippen molar-refractivity contribution in [3.8, 4) is 11.5 Å². The highest BCUT2D eigenvalue weighted by Crippen LogP contribution is 2.26. The molecule has 0 radical (unpaired) electrons. The van der Waals surface area contributed by atoms with E-state index in [2.05, 4.69) is 5.32 Å². The number of rotatable bonds is 7. The van der Waals surface area contributed by atoms with Crippen molar-refractivity contribution in [3.63, 3.8) is 0 Å². The van der Waals surface area contributed by atoms with Gasteiger partial charge >= 0.3 is 0 Å². The Balaban J connectivity index is 1.78. The van der Waals surface area contributed by atoms with Gasteiger partial charge in [-0.1, -0.05) is 40.9 Å². The first-order valence-corrected chi connectivity index (χ1v) is 9.93. The third-order valence-electron chi connectivity index (χ3n) is 4.22. The van der Waals surface area contributed by atoms with E-state index in [1.54, 1.807) is 36.4 Å². The molecule has 1 N–H and O–H groups in total. The SMILES string of the molecule is CCOc1ccc(C(=O)Nc2ccc(Cl)c(Cl)c2)cc1COc1ccc(C)cc1. The minimum Gasteiger partial charge on any atom is -0.493 e. The largest absolute Gasteiger partial charge is 0.493 e. The summed E-state index contributed by atoms with van der Waals surface area (Å²) in [5, 5.41) is 3.63. The molecule has 0 aliphatic rings. The van der Waals surface area contributed by atoms with Crippen molar-refractivity contribution in [2.45, 2.75) is 20.5 Å². The highest BCUT2D eigenvalue weighted by Gasteiger charge is 2.12. The van der Waals surface area contributed by atoms with Crippen LogP contribution in [0.3, 0.4) is 0 Å². The predicted molar refractivity (Wildman–Crippen MR) is 118 cm³/mol. The maximum atomic E-state index is 12.7. The van der Waals surface area contributed by atoms with Gasteiger partial charge in [-0.3, -0.25) is 4.79 Å².